The lowest BCUT2D eigenvalue weighted by Crippen LogP contribution is -2.40. The largest absolute Gasteiger partial charge is 0.455 e. The van der Waals surface area contributed by atoms with Gasteiger partial charge in [0, 0.05) is 4.91 Å². The van der Waals surface area contributed by atoms with Crippen LogP contribution in [0.3, 0.4) is 0 Å². The van der Waals surface area contributed by atoms with Crippen LogP contribution in [0.2, 0.25) is 0 Å². The second-order valence-corrected chi connectivity index (χ2v) is 4.40. The molecular formula is C9H13N3O5. The molecule has 0 aromatic carbocycles. The highest BCUT2D eigenvalue weighted by atomic mass is 16.8. The maximum atomic E-state index is 11.5. The molecule has 8 nitrogen and oxygen atoms in total. The van der Waals surface area contributed by atoms with E-state index < -0.39 is 36.2 Å². The SMILES string of the molecule is CC1(C)O[C@H]2[C@H]([C@@H](O)CN=[N+]=[N-])OC(=O)[C@@H]2O1. The predicted molar refractivity (Wildman–Crippen MR) is 53.7 cm³/mol. The first-order chi connectivity index (χ1) is 7.94. The number of rotatable bonds is 3. The standard InChI is InChI=1S/C9H13N3O5/c1-9(2)16-6-5(4(13)3-11-12-10)15-8(14)7(6)17-9/h4-7,13H,3H2,1-2H3/t4-,5-,6-,7+/m0/s1. The number of esters is 1. The summed E-state index contributed by atoms with van der Waals surface area (Å²) in [6.45, 7) is 3.17. The molecule has 2 heterocycles. The van der Waals surface area contributed by atoms with Crippen LogP contribution in [0.25, 0.3) is 10.4 Å². The molecule has 94 valence electrons. The Hall–Kier alpha value is -1.34. The Morgan fingerprint density at radius 2 is 2.29 bits per heavy atom. The molecule has 0 bridgehead atoms. The summed E-state index contributed by atoms with van der Waals surface area (Å²) < 4.78 is 15.8. The van der Waals surface area contributed by atoms with E-state index in [4.69, 9.17) is 19.7 Å². The van der Waals surface area contributed by atoms with Crippen molar-refractivity contribution in [2.45, 2.75) is 44.1 Å². The molecule has 0 aliphatic carbocycles. The summed E-state index contributed by atoms with van der Waals surface area (Å²) in [4.78, 5) is 14.0. The number of carbonyl (C=O) groups excluding carboxylic acids is 1. The van der Waals surface area contributed by atoms with Gasteiger partial charge in [-0.1, -0.05) is 5.11 Å². The van der Waals surface area contributed by atoms with Crippen LogP contribution in [0.5, 0.6) is 0 Å². The highest BCUT2D eigenvalue weighted by Crippen LogP contribution is 2.37. The lowest BCUT2D eigenvalue weighted by atomic mass is 10.1. The van der Waals surface area contributed by atoms with Crippen molar-refractivity contribution in [2.24, 2.45) is 5.11 Å². The quantitative estimate of drug-likeness (QED) is 0.327. The molecule has 8 heteroatoms. The zero-order chi connectivity index (χ0) is 12.6. The minimum Gasteiger partial charge on any atom is -0.455 e. The maximum absolute atomic E-state index is 11.5. The van der Waals surface area contributed by atoms with Gasteiger partial charge in [0.2, 0.25) is 0 Å². The van der Waals surface area contributed by atoms with Gasteiger partial charge >= 0.3 is 5.97 Å². The number of azide groups is 1. The Bertz CT molecular complexity index is 379. The Morgan fingerprint density at radius 1 is 1.59 bits per heavy atom. The van der Waals surface area contributed by atoms with Gasteiger partial charge in [0.1, 0.15) is 6.10 Å². The highest BCUT2D eigenvalue weighted by Gasteiger charge is 2.57. The molecule has 1 N–H and O–H groups in total. The molecule has 2 rings (SSSR count). The van der Waals surface area contributed by atoms with E-state index >= 15 is 0 Å². The Balaban J connectivity index is 2.10. The van der Waals surface area contributed by atoms with Gasteiger partial charge in [-0.05, 0) is 19.4 Å². The molecule has 0 aromatic rings. The fourth-order valence-corrected chi connectivity index (χ4v) is 2.00. The monoisotopic (exact) mass is 243 g/mol. The number of nitrogens with zero attached hydrogens (tertiary/aromatic N) is 3. The van der Waals surface area contributed by atoms with E-state index in [1.54, 1.807) is 13.8 Å². The summed E-state index contributed by atoms with van der Waals surface area (Å²) in [6.07, 6.45) is -3.45. The summed E-state index contributed by atoms with van der Waals surface area (Å²) in [5.74, 6) is -1.45. The van der Waals surface area contributed by atoms with Crippen molar-refractivity contribution in [1.82, 2.24) is 0 Å². The first-order valence-electron chi connectivity index (χ1n) is 5.19. The van der Waals surface area contributed by atoms with Crippen LogP contribution in [-0.2, 0) is 19.0 Å². The summed E-state index contributed by atoms with van der Waals surface area (Å²) in [6, 6.07) is 0. The Labute approximate surface area is 97.1 Å². The van der Waals surface area contributed by atoms with Gasteiger partial charge in [-0.15, -0.1) is 0 Å². The number of cyclic esters (lactones) is 1. The molecule has 0 unspecified atom stereocenters. The minimum atomic E-state index is -1.10. The van der Waals surface area contributed by atoms with Crippen molar-refractivity contribution in [1.29, 1.82) is 0 Å². The predicted octanol–water partition coefficient (Wildman–Crippen LogP) is 0.103. The fourth-order valence-electron chi connectivity index (χ4n) is 2.00. The zero-order valence-corrected chi connectivity index (χ0v) is 9.44. The molecule has 0 aromatic heterocycles. The molecule has 2 aliphatic rings. The van der Waals surface area contributed by atoms with Crippen LogP contribution < -0.4 is 0 Å². The van der Waals surface area contributed by atoms with Crippen molar-refractivity contribution in [3.8, 4) is 0 Å². The van der Waals surface area contributed by atoms with E-state index in [1.165, 1.54) is 0 Å². The molecule has 2 aliphatic heterocycles. The van der Waals surface area contributed by atoms with Crippen molar-refractivity contribution < 1.29 is 24.1 Å². The van der Waals surface area contributed by atoms with E-state index in [-0.39, 0.29) is 6.54 Å². The van der Waals surface area contributed by atoms with Gasteiger partial charge in [-0.2, -0.15) is 0 Å². The lowest BCUT2D eigenvalue weighted by Gasteiger charge is -2.23. The van der Waals surface area contributed by atoms with Crippen LogP contribution in [0.15, 0.2) is 5.11 Å². The Morgan fingerprint density at radius 3 is 2.94 bits per heavy atom. The van der Waals surface area contributed by atoms with Gasteiger partial charge < -0.3 is 19.3 Å². The number of aliphatic hydroxyl groups excluding tert-OH is 1. The summed E-state index contributed by atoms with van der Waals surface area (Å²) in [7, 11) is 0. The number of carbonyl (C=O) groups is 1. The molecule has 17 heavy (non-hydrogen) atoms. The number of ether oxygens (including phenoxy) is 3. The third-order valence-corrected chi connectivity index (χ3v) is 2.65. The average molecular weight is 243 g/mol. The van der Waals surface area contributed by atoms with Crippen LogP contribution in [0.1, 0.15) is 13.8 Å². The van der Waals surface area contributed by atoms with Gasteiger partial charge in [0.05, 0.1) is 12.6 Å². The zero-order valence-electron chi connectivity index (χ0n) is 9.44. The van der Waals surface area contributed by atoms with Crippen LogP contribution in [0.4, 0.5) is 0 Å². The van der Waals surface area contributed by atoms with Crippen molar-refractivity contribution in [2.75, 3.05) is 6.54 Å². The molecule has 0 spiro atoms. The number of aliphatic hydroxyl groups is 1. The number of hydrogen-bond acceptors (Lipinski definition) is 6. The van der Waals surface area contributed by atoms with E-state index in [1.807, 2.05) is 0 Å². The van der Waals surface area contributed by atoms with E-state index in [2.05, 4.69) is 10.0 Å². The minimum absolute atomic E-state index is 0.179. The fraction of sp³-hybridized carbons (Fsp3) is 0.889. The molecule has 0 radical (unpaired) electrons. The van der Waals surface area contributed by atoms with Gasteiger partial charge in [-0.3, -0.25) is 0 Å². The van der Waals surface area contributed by atoms with E-state index in [9.17, 15) is 9.90 Å². The average Bonchev–Trinajstić information content (AvgIpc) is 2.71. The lowest BCUT2D eigenvalue weighted by molar-refractivity contribution is -0.193. The second kappa shape index (κ2) is 4.15. The molecule has 2 fully saturated rings. The van der Waals surface area contributed by atoms with Crippen LogP contribution in [-0.4, -0.2) is 47.8 Å². The molecular weight excluding hydrogens is 230 g/mol. The summed E-state index contributed by atoms with van der Waals surface area (Å²) in [5.41, 5.74) is 8.16. The van der Waals surface area contributed by atoms with Gasteiger partial charge in [-0.25, -0.2) is 4.79 Å². The van der Waals surface area contributed by atoms with Crippen molar-refractivity contribution >= 4 is 5.97 Å². The third-order valence-electron chi connectivity index (χ3n) is 2.65. The number of fused-ring (bicyclic) bond motifs is 1. The first-order valence-corrected chi connectivity index (χ1v) is 5.19. The molecule has 0 amide bonds. The highest BCUT2D eigenvalue weighted by molar-refractivity contribution is 5.78. The Kier molecular flexibility index (Phi) is 2.96. The van der Waals surface area contributed by atoms with Crippen molar-refractivity contribution in [3.63, 3.8) is 0 Å². The second-order valence-electron chi connectivity index (χ2n) is 4.40. The first kappa shape index (κ1) is 12.1. The van der Waals surface area contributed by atoms with E-state index in [0.717, 1.165) is 0 Å². The summed E-state index contributed by atoms with van der Waals surface area (Å²) in [5, 5.41) is 13.0. The van der Waals surface area contributed by atoms with Gasteiger partial charge in [0.25, 0.3) is 0 Å². The molecule has 2 saturated heterocycles. The third kappa shape index (κ3) is 2.20. The topological polar surface area (TPSA) is 114 Å². The van der Waals surface area contributed by atoms with Gasteiger partial charge in [0.15, 0.2) is 18.0 Å². The normalized spacial score (nSPS) is 35.9. The van der Waals surface area contributed by atoms with Crippen LogP contribution in [0, 0.1) is 0 Å². The van der Waals surface area contributed by atoms with Crippen molar-refractivity contribution in [3.05, 3.63) is 10.4 Å². The smallest absolute Gasteiger partial charge is 0.338 e. The molecule has 4 atom stereocenters. The maximum Gasteiger partial charge on any atom is 0.338 e. The summed E-state index contributed by atoms with van der Waals surface area (Å²) >= 11 is 0. The number of hydrogen-bond donors (Lipinski definition) is 1. The van der Waals surface area contributed by atoms with E-state index in [0.29, 0.717) is 0 Å². The van der Waals surface area contributed by atoms with Crippen LogP contribution >= 0.6 is 0 Å². The molecule has 0 saturated carbocycles.